The second kappa shape index (κ2) is 11.6. The quantitative estimate of drug-likeness (QED) is 0.176. The third-order valence-electron chi connectivity index (χ3n) is 7.56. The molecule has 12 nitrogen and oxygen atoms in total. The lowest BCUT2D eigenvalue weighted by Crippen LogP contribution is -2.70. The van der Waals surface area contributed by atoms with Crippen LogP contribution in [0.25, 0.3) is 5.76 Å². The smallest absolute Gasteiger partial charge is 0.304 e. The third-order valence-corrected chi connectivity index (χ3v) is 8.64. The highest BCUT2D eigenvalue weighted by Crippen LogP contribution is 2.56. The Kier molecular flexibility index (Phi) is 9.04. The molecule has 8 N–H and O–H groups in total. The fourth-order valence-corrected chi connectivity index (χ4v) is 7.09. The van der Waals surface area contributed by atoms with Gasteiger partial charge in [0.15, 0.2) is 11.4 Å². The van der Waals surface area contributed by atoms with E-state index in [1.54, 1.807) is 6.07 Å². The van der Waals surface area contributed by atoms with Gasteiger partial charge < -0.3 is 36.4 Å². The number of aliphatic carboxylic acids is 1. The number of benzene rings is 1. The Hall–Kier alpha value is -3.39. The van der Waals surface area contributed by atoms with Crippen molar-refractivity contribution in [2.75, 3.05) is 25.6 Å². The van der Waals surface area contributed by atoms with Crippen LogP contribution in [0.1, 0.15) is 37.3 Å². The zero-order chi connectivity index (χ0) is 30.3. The first kappa shape index (κ1) is 31.1. The number of carboxylic acids is 1. The lowest BCUT2D eigenvalue weighted by molar-refractivity contribution is -0.169. The first-order chi connectivity index (χ1) is 18.8. The molecule has 1 aromatic rings. The van der Waals surface area contributed by atoms with Gasteiger partial charge in [0.05, 0.1) is 30.0 Å². The number of aliphatic hydroxyl groups excluding tert-OH is 3. The molecule has 0 radical (unpaired) electrons. The number of carbonyl (C=O) groups is 4. The molecule has 0 heterocycles. The Morgan fingerprint density at radius 2 is 1.75 bits per heavy atom. The van der Waals surface area contributed by atoms with Crippen molar-refractivity contribution in [2.45, 2.75) is 43.9 Å². The molecule has 13 heteroatoms. The summed E-state index contributed by atoms with van der Waals surface area (Å²) in [5.41, 5.74) is 1.10. The first-order valence-electron chi connectivity index (χ1n) is 12.7. The summed E-state index contributed by atoms with van der Waals surface area (Å²) < 4.78 is 0. The molecule has 4 rings (SSSR count). The number of nitrogens with two attached hydrogens (primary N) is 1. The highest BCUT2D eigenvalue weighted by molar-refractivity contribution is 7.99. The number of thioether (sulfide) groups is 1. The van der Waals surface area contributed by atoms with Crippen molar-refractivity contribution in [2.24, 2.45) is 17.6 Å². The van der Waals surface area contributed by atoms with Gasteiger partial charge in [0.2, 0.25) is 5.78 Å². The predicted molar refractivity (Wildman–Crippen MR) is 146 cm³/mol. The fourth-order valence-electron chi connectivity index (χ4n) is 5.96. The van der Waals surface area contributed by atoms with Crippen molar-refractivity contribution >= 4 is 41.0 Å². The minimum absolute atomic E-state index is 0.111. The number of aromatic hydroxyl groups is 1. The van der Waals surface area contributed by atoms with Gasteiger partial charge in [-0.25, -0.2) is 0 Å². The molecule has 1 amide bonds. The zero-order valence-corrected chi connectivity index (χ0v) is 23.3. The van der Waals surface area contributed by atoms with E-state index >= 15 is 0 Å². The number of likely N-dealkylation sites (N-methyl/N-ethyl adjacent to an activating group) is 1. The maximum absolute atomic E-state index is 14.0. The molecular formula is C27H34N2O10S. The van der Waals surface area contributed by atoms with E-state index in [1.807, 2.05) is 13.8 Å². The van der Waals surface area contributed by atoms with Gasteiger partial charge in [-0.1, -0.05) is 26.0 Å². The van der Waals surface area contributed by atoms with Crippen LogP contribution in [0.4, 0.5) is 0 Å². The molecule has 1 saturated carbocycles. The maximum Gasteiger partial charge on any atom is 0.304 e. The van der Waals surface area contributed by atoms with E-state index in [4.69, 9.17) is 10.8 Å². The zero-order valence-electron chi connectivity index (χ0n) is 22.5. The van der Waals surface area contributed by atoms with Crippen LogP contribution in [0.15, 0.2) is 35.1 Å². The van der Waals surface area contributed by atoms with Gasteiger partial charge in [0.25, 0.3) is 5.91 Å². The number of hydrogen-bond acceptors (Lipinski definition) is 11. The maximum atomic E-state index is 14.0. The third kappa shape index (κ3) is 4.66. The van der Waals surface area contributed by atoms with Gasteiger partial charge >= 0.3 is 5.97 Å². The van der Waals surface area contributed by atoms with Crippen molar-refractivity contribution < 1.29 is 49.8 Å². The van der Waals surface area contributed by atoms with Crippen molar-refractivity contribution in [1.82, 2.24) is 4.90 Å². The largest absolute Gasteiger partial charge is 0.508 e. The van der Waals surface area contributed by atoms with E-state index in [0.717, 1.165) is 0 Å². The second-order valence-electron chi connectivity index (χ2n) is 9.83. The number of fused-ring (bicyclic) bond motifs is 3. The molecule has 0 aromatic heterocycles. The average Bonchev–Trinajstić information content (AvgIpc) is 2.88. The van der Waals surface area contributed by atoms with Crippen LogP contribution in [-0.2, 0) is 19.2 Å². The van der Waals surface area contributed by atoms with Crippen LogP contribution < -0.4 is 5.73 Å². The topological polar surface area (TPSA) is 219 Å². The van der Waals surface area contributed by atoms with Crippen molar-refractivity contribution in [3.8, 4) is 5.75 Å². The van der Waals surface area contributed by atoms with E-state index in [-0.39, 0.29) is 29.2 Å². The first-order valence-corrected chi connectivity index (χ1v) is 13.9. The van der Waals surface area contributed by atoms with Gasteiger partial charge in [-0.2, -0.15) is 11.8 Å². The summed E-state index contributed by atoms with van der Waals surface area (Å²) in [5, 5.41) is 65.1. The lowest BCUT2D eigenvalue weighted by atomic mass is 9.54. The van der Waals surface area contributed by atoms with Gasteiger partial charge in [0.1, 0.15) is 22.8 Å². The summed E-state index contributed by atoms with van der Waals surface area (Å²) in [5.74, 6) is -10.4. The van der Waals surface area contributed by atoms with Crippen LogP contribution in [0.5, 0.6) is 5.75 Å². The standard InChI is InChI=1S/C25H28N2O10S.C2H6/c1-27(2)18-17-20(32)14-10(8-38-7-6-12(29)30)9-4-3-5-11(28)13(9)19(31)15(14)22(34)25(17,37)23(35)16(21(18)33)24(26)36;1-2/h3-5,10,14,17-18,20,28,31-32,35,37H,6-8H2,1-2H3,(H2,26,36)(H,29,30);1-2H3. The summed E-state index contributed by atoms with van der Waals surface area (Å²) in [6, 6.07) is 2.91. The number of rotatable bonds is 7. The van der Waals surface area contributed by atoms with Crippen molar-refractivity contribution in [3.05, 3.63) is 46.2 Å². The number of amides is 1. The van der Waals surface area contributed by atoms with E-state index in [1.165, 1.54) is 42.9 Å². The number of hydrogen-bond donors (Lipinski definition) is 7. The van der Waals surface area contributed by atoms with Gasteiger partial charge in [-0.15, -0.1) is 0 Å². The molecule has 6 atom stereocenters. The van der Waals surface area contributed by atoms with Gasteiger partial charge in [-0.05, 0) is 25.7 Å². The number of aliphatic hydroxyl groups is 4. The molecule has 3 aliphatic rings. The SMILES string of the molecule is CC.CN(C)C1C(=O)C(C(N)=O)=C(O)C2(O)C(=O)C3=C(O)c4c(O)cccc4C(CSCCC(=O)O)C3C(O)C12. The number of phenolic OH excluding ortho intramolecular Hbond substituents is 1. The van der Waals surface area contributed by atoms with Crippen LogP contribution in [0, 0.1) is 11.8 Å². The van der Waals surface area contributed by atoms with Crippen LogP contribution in [0.2, 0.25) is 0 Å². The monoisotopic (exact) mass is 578 g/mol. The van der Waals surface area contributed by atoms with Crippen LogP contribution in [-0.4, -0.2) is 102 Å². The highest BCUT2D eigenvalue weighted by Gasteiger charge is 2.68. The van der Waals surface area contributed by atoms with Crippen molar-refractivity contribution in [3.63, 3.8) is 0 Å². The molecule has 3 aliphatic carbocycles. The molecule has 0 saturated heterocycles. The van der Waals surface area contributed by atoms with E-state index < -0.39 is 81.6 Å². The second-order valence-corrected chi connectivity index (χ2v) is 11.0. The Bertz CT molecular complexity index is 1310. The Labute approximate surface area is 234 Å². The van der Waals surface area contributed by atoms with Gasteiger partial charge in [0, 0.05) is 28.9 Å². The number of Topliss-reactive ketones (excluding diaryl/α,β-unsaturated/α-hetero) is 2. The molecule has 0 bridgehead atoms. The molecule has 40 heavy (non-hydrogen) atoms. The predicted octanol–water partition coefficient (Wildman–Crippen LogP) is 0.710. The Balaban J connectivity index is 0.00000216. The fraction of sp³-hybridized carbons (Fsp3) is 0.481. The summed E-state index contributed by atoms with van der Waals surface area (Å²) >= 11 is 1.21. The van der Waals surface area contributed by atoms with E-state index in [2.05, 4.69) is 0 Å². The molecular weight excluding hydrogens is 544 g/mol. The van der Waals surface area contributed by atoms with Gasteiger partial charge in [-0.3, -0.25) is 24.1 Å². The number of nitrogens with zero attached hydrogens (tertiary/aromatic N) is 1. The summed E-state index contributed by atoms with van der Waals surface area (Å²) in [4.78, 5) is 51.6. The normalized spacial score (nSPS) is 29.3. The average molecular weight is 579 g/mol. The minimum Gasteiger partial charge on any atom is -0.508 e. The number of phenols is 1. The van der Waals surface area contributed by atoms with E-state index in [9.17, 15) is 44.7 Å². The van der Waals surface area contributed by atoms with Crippen LogP contribution in [0.3, 0.4) is 0 Å². The number of ketones is 2. The highest BCUT2D eigenvalue weighted by atomic mass is 32.2. The summed E-state index contributed by atoms with van der Waals surface area (Å²) in [7, 11) is 2.86. The Morgan fingerprint density at radius 3 is 2.30 bits per heavy atom. The minimum atomic E-state index is -2.99. The summed E-state index contributed by atoms with van der Waals surface area (Å²) in [6.07, 6.45) is -1.87. The summed E-state index contributed by atoms with van der Waals surface area (Å²) in [6.45, 7) is 4.00. The molecule has 218 valence electrons. The molecule has 0 aliphatic heterocycles. The molecule has 6 unspecified atom stereocenters. The lowest BCUT2D eigenvalue weighted by Gasteiger charge is -2.54. The Morgan fingerprint density at radius 1 is 1.12 bits per heavy atom. The number of carboxylic acid groups (broad SMARTS) is 1. The molecule has 0 spiro atoms. The number of carbonyl (C=O) groups excluding carboxylic acids is 3. The molecule has 1 aromatic carbocycles. The van der Waals surface area contributed by atoms with E-state index in [0.29, 0.717) is 5.56 Å². The van der Waals surface area contributed by atoms with Crippen LogP contribution >= 0.6 is 11.8 Å². The number of primary amides is 1. The van der Waals surface area contributed by atoms with Crippen molar-refractivity contribution in [1.29, 1.82) is 0 Å². The molecule has 1 fully saturated rings.